The third-order valence-electron chi connectivity index (χ3n) is 3.55. The number of aromatic nitrogens is 2. The van der Waals surface area contributed by atoms with E-state index in [4.69, 9.17) is 4.65 Å². The first-order valence-corrected chi connectivity index (χ1v) is 6.94. The molecule has 6 nitrogen and oxygen atoms in total. The summed E-state index contributed by atoms with van der Waals surface area (Å²) in [6.45, 7) is 0.112. The largest absolute Gasteiger partial charge is 0.504 e. The van der Waals surface area contributed by atoms with E-state index in [2.05, 4.69) is 10.4 Å². The molecular formula is C13H8BF6N3O3. The van der Waals surface area contributed by atoms with E-state index in [0.717, 1.165) is 0 Å². The molecule has 0 atom stereocenters. The minimum absolute atomic E-state index is 0.0221. The average Bonchev–Trinajstić information content (AvgIpc) is 3.11. The highest BCUT2D eigenvalue weighted by Gasteiger charge is 2.43. The molecule has 0 spiro atoms. The maximum atomic E-state index is 12.9. The molecule has 0 fully saturated rings. The lowest BCUT2D eigenvalue weighted by atomic mass is 9.79. The summed E-state index contributed by atoms with van der Waals surface area (Å²) in [5.74, 6) is -1.43. The second-order valence-corrected chi connectivity index (χ2v) is 5.33. The van der Waals surface area contributed by atoms with Gasteiger partial charge in [-0.15, -0.1) is 13.2 Å². The fourth-order valence-corrected chi connectivity index (χ4v) is 2.37. The van der Waals surface area contributed by atoms with Crippen LogP contribution >= 0.6 is 0 Å². The molecule has 138 valence electrons. The Kier molecular flexibility index (Phi) is 4.23. The molecule has 26 heavy (non-hydrogen) atoms. The summed E-state index contributed by atoms with van der Waals surface area (Å²) in [5.41, 5.74) is -2.36. The summed E-state index contributed by atoms with van der Waals surface area (Å²) in [6.07, 6.45) is -10.5. The molecule has 0 bridgehead atoms. The van der Waals surface area contributed by atoms with Crippen LogP contribution in [0, 0.1) is 0 Å². The van der Waals surface area contributed by atoms with Crippen LogP contribution in [0.3, 0.4) is 0 Å². The Labute approximate surface area is 141 Å². The summed E-state index contributed by atoms with van der Waals surface area (Å²) in [7, 11) is -1.26. The predicted molar refractivity (Wildman–Crippen MR) is 75.3 cm³/mol. The Morgan fingerprint density at radius 1 is 1.27 bits per heavy atom. The fourth-order valence-electron chi connectivity index (χ4n) is 2.37. The highest BCUT2D eigenvalue weighted by atomic mass is 19.4. The lowest BCUT2D eigenvalue weighted by Crippen LogP contribution is -2.28. The number of benzene rings is 1. The third kappa shape index (κ3) is 3.39. The molecule has 3 rings (SSSR count). The molecule has 1 amide bonds. The second kappa shape index (κ2) is 6.02. The minimum Gasteiger partial charge on any atom is -0.423 e. The number of carbonyl (C=O) groups is 1. The van der Waals surface area contributed by atoms with Gasteiger partial charge in [0.25, 0.3) is 5.91 Å². The molecule has 2 N–H and O–H groups in total. The Balaban J connectivity index is 1.93. The van der Waals surface area contributed by atoms with Crippen LogP contribution in [0.5, 0.6) is 0 Å². The molecule has 1 aliphatic rings. The molecule has 13 heteroatoms. The van der Waals surface area contributed by atoms with Gasteiger partial charge in [0.2, 0.25) is 0 Å². The summed E-state index contributed by atoms with van der Waals surface area (Å²) < 4.78 is 80.6. The van der Waals surface area contributed by atoms with E-state index in [-0.39, 0.29) is 18.5 Å². The van der Waals surface area contributed by atoms with Gasteiger partial charge in [-0.25, -0.2) is 0 Å². The Bertz CT molecular complexity index is 864. The van der Waals surface area contributed by atoms with Crippen LogP contribution in [-0.4, -0.2) is 27.8 Å². The average molecular weight is 379 g/mol. The van der Waals surface area contributed by atoms with Crippen LogP contribution in [0.4, 0.5) is 32.0 Å². The molecule has 1 aromatic heterocycles. The van der Waals surface area contributed by atoms with Crippen LogP contribution in [0.15, 0.2) is 24.4 Å². The minimum atomic E-state index is -5.26. The van der Waals surface area contributed by atoms with Crippen molar-refractivity contribution in [3.8, 4) is 0 Å². The number of carbonyl (C=O) groups excluding carboxylic acids is 1. The highest BCUT2D eigenvalue weighted by Crippen LogP contribution is 2.33. The molecule has 0 aliphatic carbocycles. The molecule has 0 saturated carbocycles. The van der Waals surface area contributed by atoms with Crippen LogP contribution in [-0.2, 0) is 23.7 Å². The molecule has 0 unspecified atom stereocenters. The molecule has 0 saturated heterocycles. The van der Waals surface area contributed by atoms with E-state index >= 15 is 0 Å². The molecule has 1 aliphatic heterocycles. The van der Waals surface area contributed by atoms with E-state index < -0.39 is 41.4 Å². The van der Waals surface area contributed by atoms with Gasteiger partial charge < -0.3 is 15.0 Å². The van der Waals surface area contributed by atoms with Gasteiger partial charge in [-0.05, 0) is 23.2 Å². The predicted octanol–water partition coefficient (Wildman–Crippen LogP) is 1.85. The lowest BCUT2D eigenvalue weighted by molar-refractivity contribution is -0.214. The summed E-state index contributed by atoms with van der Waals surface area (Å²) in [5, 5.41) is 14.1. The monoisotopic (exact) mass is 379 g/mol. The van der Waals surface area contributed by atoms with Gasteiger partial charge in [0, 0.05) is 11.9 Å². The Hall–Kier alpha value is -2.54. The number of hydrogen-bond acceptors (Lipinski definition) is 4. The number of nitrogens with zero attached hydrogens (tertiary/aromatic N) is 2. The summed E-state index contributed by atoms with van der Waals surface area (Å²) >= 11 is 0. The number of halogens is 6. The van der Waals surface area contributed by atoms with Gasteiger partial charge in [-0.3, -0.25) is 4.79 Å². The van der Waals surface area contributed by atoms with Crippen molar-refractivity contribution in [1.29, 1.82) is 0 Å². The maximum Gasteiger partial charge on any atom is 0.504 e. The maximum absolute atomic E-state index is 12.9. The first-order valence-electron chi connectivity index (χ1n) is 6.94. The number of anilines is 1. The van der Waals surface area contributed by atoms with E-state index in [0.29, 0.717) is 11.0 Å². The summed E-state index contributed by atoms with van der Waals surface area (Å²) in [4.78, 5) is 12.1. The fraction of sp³-hybridized carbons (Fsp3) is 0.231. The highest BCUT2D eigenvalue weighted by molar-refractivity contribution is 6.61. The third-order valence-corrected chi connectivity index (χ3v) is 3.55. The van der Waals surface area contributed by atoms with E-state index in [1.165, 1.54) is 18.2 Å². The number of rotatable bonds is 2. The van der Waals surface area contributed by atoms with Gasteiger partial charge in [0.15, 0.2) is 5.69 Å². The van der Waals surface area contributed by atoms with Crippen molar-refractivity contribution < 1.29 is 40.8 Å². The first kappa shape index (κ1) is 18.3. The standard InChI is InChI=1S/C13H8BF6N3O3/c15-12(16,17)10-8(4-23(22-10)13(18,19)20)11(24)21-7-2-1-6-5-26-14(25)9(6)3-7/h1-4,25H,5H2,(H,21,24). The van der Waals surface area contributed by atoms with Crippen molar-refractivity contribution in [2.45, 2.75) is 19.1 Å². The first-order chi connectivity index (χ1) is 12.0. The van der Waals surface area contributed by atoms with Crippen molar-refractivity contribution in [3.05, 3.63) is 41.2 Å². The van der Waals surface area contributed by atoms with Gasteiger partial charge in [-0.1, -0.05) is 6.07 Å². The van der Waals surface area contributed by atoms with E-state index in [1.807, 2.05) is 0 Å². The van der Waals surface area contributed by atoms with Crippen LogP contribution in [0.1, 0.15) is 21.6 Å². The SMILES string of the molecule is O=C(Nc1ccc2c(c1)B(O)OC2)c1cn(C(F)(F)F)nc1C(F)(F)F. The van der Waals surface area contributed by atoms with E-state index in [9.17, 15) is 36.2 Å². The summed E-state index contributed by atoms with van der Waals surface area (Å²) in [6, 6.07) is 4.04. The quantitative estimate of drug-likeness (QED) is 0.617. The zero-order valence-corrected chi connectivity index (χ0v) is 12.5. The molecular weight excluding hydrogens is 371 g/mol. The topological polar surface area (TPSA) is 76.4 Å². The number of alkyl halides is 6. The van der Waals surface area contributed by atoms with Crippen molar-refractivity contribution in [2.75, 3.05) is 5.32 Å². The Morgan fingerprint density at radius 3 is 2.58 bits per heavy atom. The van der Waals surface area contributed by atoms with Gasteiger partial charge in [0.1, 0.15) is 0 Å². The van der Waals surface area contributed by atoms with Crippen LogP contribution < -0.4 is 10.8 Å². The van der Waals surface area contributed by atoms with Gasteiger partial charge >= 0.3 is 19.6 Å². The molecule has 2 aromatic rings. The zero-order chi connectivity index (χ0) is 19.3. The van der Waals surface area contributed by atoms with E-state index in [1.54, 1.807) is 0 Å². The number of nitrogens with one attached hydrogen (secondary N) is 1. The van der Waals surface area contributed by atoms with Crippen molar-refractivity contribution in [1.82, 2.24) is 9.78 Å². The number of fused-ring (bicyclic) bond motifs is 1. The van der Waals surface area contributed by atoms with Gasteiger partial charge in [-0.2, -0.15) is 23.0 Å². The normalized spacial score (nSPS) is 14.5. The second-order valence-electron chi connectivity index (χ2n) is 5.33. The lowest BCUT2D eigenvalue weighted by Gasteiger charge is -2.08. The van der Waals surface area contributed by atoms with Crippen molar-refractivity contribution in [3.63, 3.8) is 0 Å². The number of amides is 1. The van der Waals surface area contributed by atoms with Crippen molar-refractivity contribution in [2.24, 2.45) is 0 Å². The van der Waals surface area contributed by atoms with Crippen LogP contribution in [0.25, 0.3) is 0 Å². The van der Waals surface area contributed by atoms with Gasteiger partial charge in [0.05, 0.1) is 12.2 Å². The smallest absolute Gasteiger partial charge is 0.423 e. The molecule has 2 heterocycles. The van der Waals surface area contributed by atoms with Crippen LogP contribution in [0.2, 0.25) is 0 Å². The molecule has 0 radical (unpaired) electrons. The Morgan fingerprint density at radius 2 is 1.96 bits per heavy atom. The molecule has 1 aromatic carbocycles. The van der Waals surface area contributed by atoms with Crippen molar-refractivity contribution >= 4 is 24.2 Å². The zero-order valence-electron chi connectivity index (χ0n) is 12.5. The number of hydrogen-bond donors (Lipinski definition) is 2.